The summed E-state index contributed by atoms with van der Waals surface area (Å²) in [6.45, 7) is 0. The van der Waals surface area contributed by atoms with Crippen molar-refractivity contribution in [3.63, 3.8) is 0 Å². The predicted octanol–water partition coefficient (Wildman–Crippen LogP) is 4.34. The highest BCUT2D eigenvalue weighted by Crippen LogP contribution is 2.35. The number of methoxy groups -OCH3 is 1. The van der Waals surface area contributed by atoms with E-state index in [1.54, 1.807) is 30.5 Å². The number of amides is 1. The van der Waals surface area contributed by atoms with E-state index in [1.807, 2.05) is 0 Å². The van der Waals surface area contributed by atoms with Crippen molar-refractivity contribution in [1.29, 1.82) is 0 Å². The lowest BCUT2D eigenvalue weighted by molar-refractivity contribution is -0.143. The number of nitrogens with two attached hydrogens (primary N) is 1. The predicted molar refractivity (Wildman–Crippen MR) is 103 cm³/mol. The summed E-state index contributed by atoms with van der Waals surface area (Å²) in [6.07, 6.45) is 0.440. The molecule has 10 heteroatoms. The normalized spacial score (nSPS) is 20.9. The van der Waals surface area contributed by atoms with Crippen LogP contribution in [0.15, 0.2) is 36.5 Å². The Morgan fingerprint density at radius 2 is 2.14 bits per heavy atom. The summed E-state index contributed by atoms with van der Waals surface area (Å²) in [4.78, 5) is 18.9. The first-order valence-corrected chi connectivity index (χ1v) is 9.06. The highest BCUT2D eigenvalue weighted by Gasteiger charge is 2.39. The van der Waals surface area contributed by atoms with E-state index in [2.05, 4.69) is 25.3 Å². The summed E-state index contributed by atoms with van der Waals surface area (Å²) in [5.74, 6) is 0.541. The number of aromatic nitrogens is 2. The van der Waals surface area contributed by atoms with Crippen molar-refractivity contribution in [2.75, 3.05) is 17.7 Å². The number of allylic oxidation sites excluding steroid dienone is 1. The number of fused-ring (bicyclic) bond motifs is 4. The number of benzene rings is 1. The quantitative estimate of drug-likeness (QED) is 0.525. The molecule has 1 aliphatic heterocycles. The second kappa shape index (κ2) is 8.56. The molecule has 156 valence electrons. The van der Waals surface area contributed by atoms with E-state index in [4.69, 9.17) is 5.73 Å². The fourth-order valence-corrected chi connectivity index (χ4v) is 3.04. The maximum atomic E-state index is 13.6. The number of anilines is 2. The number of aromatic amines is 1. The molecule has 1 aromatic heterocycles. The first kappa shape index (κ1) is 20.7. The van der Waals surface area contributed by atoms with Gasteiger partial charge in [0.25, 0.3) is 0 Å². The van der Waals surface area contributed by atoms with Crippen molar-refractivity contribution in [3.05, 3.63) is 42.4 Å². The Kier molecular flexibility index (Phi) is 6.12. The average Bonchev–Trinajstić information content (AvgIpc) is 3.15. The van der Waals surface area contributed by atoms with E-state index in [0.29, 0.717) is 29.2 Å². The van der Waals surface area contributed by atoms with Gasteiger partial charge >= 0.3 is 12.3 Å². The van der Waals surface area contributed by atoms with E-state index >= 15 is 0 Å². The number of rotatable bonds is 1. The standard InChI is InChI=1S/C19H22F3N5O2/c1-29-18(28)25-11-7-8-12-14(9-11)26-16(19(20,21)22)6-4-2-3-5-13(23)17-24-10-15(12)27-17/h2-3,7-10,13,16,26H,4-6,23H2,1H3,(H,24,27)(H,25,28)/b3-2+/t13-,16?/m0/s1. The Hall–Kier alpha value is -3.01. The fraction of sp³-hybridized carbons (Fsp3) is 0.368. The molecule has 2 atom stereocenters. The van der Waals surface area contributed by atoms with Gasteiger partial charge in [0.15, 0.2) is 0 Å². The first-order valence-electron chi connectivity index (χ1n) is 9.06. The van der Waals surface area contributed by atoms with Crippen LogP contribution in [0.5, 0.6) is 0 Å². The number of hydrogen-bond donors (Lipinski definition) is 4. The maximum absolute atomic E-state index is 13.6. The molecule has 29 heavy (non-hydrogen) atoms. The number of H-pyrrole nitrogens is 1. The van der Waals surface area contributed by atoms with Crippen molar-refractivity contribution in [3.8, 4) is 11.3 Å². The van der Waals surface area contributed by atoms with Gasteiger partial charge < -0.3 is 20.8 Å². The summed E-state index contributed by atoms with van der Waals surface area (Å²) in [5, 5.41) is 5.04. The number of ether oxygens (including phenoxy) is 1. The lowest BCUT2D eigenvalue weighted by Crippen LogP contribution is -2.36. The molecular formula is C19H22F3N5O2. The van der Waals surface area contributed by atoms with Crippen LogP contribution in [0.2, 0.25) is 0 Å². The van der Waals surface area contributed by atoms with E-state index in [-0.39, 0.29) is 18.5 Å². The topological polar surface area (TPSA) is 105 Å². The van der Waals surface area contributed by atoms with Crippen molar-refractivity contribution in [1.82, 2.24) is 9.97 Å². The number of nitrogens with one attached hydrogen (secondary N) is 3. The third-order valence-corrected chi connectivity index (χ3v) is 4.58. The summed E-state index contributed by atoms with van der Waals surface area (Å²) < 4.78 is 45.4. The minimum Gasteiger partial charge on any atom is -0.453 e. The zero-order valence-corrected chi connectivity index (χ0v) is 15.7. The van der Waals surface area contributed by atoms with Crippen molar-refractivity contribution in [2.45, 2.75) is 37.5 Å². The number of hydrogen-bond acceptors (Lipinski definition) is 5. The molecule has 7 nitrogen and oxygen atoms in total. The molecule has 2 aromatic rings. The van der Waals surface area contributed by atoms with Crippen LogP contribution in [-0.2, 0) is 4.74 Å². The van der Waals surface area contributed by atoms with Crippen LogP contribution in [0.4, 0.5) is 29.3 Å². The van der Waals surface area contributed by atoms with E-state index in [0.717, 1.165) is 0 Å². The number of halogens is 3. The Morgan fingerprint density at radius 3 is 2.86 bits per heavy atom. The van der Waals surface area contributed by atoms with E-state index in [9.17, 15) is 18.0 Å². The lowest BCUT2D eigenvalue weighted by Gasteiger charge is -2.24. The summed E-state index contributed by atoms with van der Waals surface area (Å²) in [7, 11) is 1.20. The summed E-state index contributed by atoms with van der Waals surface area (Å²) >= 11 is 0. The molecule has 0 fully saturated rings. The molecule has 3 rings (SSSR count). The average molecular weight is 409 g/mol. The second-order valence-corrected chi connectivity index (χ2v) is 6.68. The Morgan fingerprint density at radius 1 is 1.34 bits per heavy atom. The van der Waals surface area contributed by atoms with Gasteiger partial charge in [-0.15, -0.1) is 0 Å². The van der Waals surface area contributed by atoms with Crippen LogP contribution in [0.25, 0.3) is 11.3 Å². The molecular weight excluding hydrogens is 387 g/mol. The minimum absolute atomic E-state index is 0.144. The maximum Gasteiger partial charge on any atom is 0.411 e. The number of nitrogens with zero attached hydrogens (tertiary/aromatic N) is 1. The fourth-order valence-electron chi connectivity index (χ4n) is 3.04. The molecule has 0 spiro atoms. The highest BCUT2D eigenvalue weighted by atomic mass is 19.4. The molecule has 0 aliphatic carbocycles. The third-order valence-electron chi connectivity index (χ3n) is 4.58. The van der Waals surface area contributed by atoms with Gasteiger partial charge in [-0.1, -0.05) is 12.2 Å². The summed E-state index contributed by atoms with van der Waals surface area (Å²) in [5.41, 5.74) is 7.50. The van der Waals surface area contributed by atoms with E-state index < -0.39 is 24.4 Å². The molecule has 0 saturated heterocycles. The van der Waals surface area contributed by atoms with Crippen molar-refractivity contribution >= 4 is 17.5 Å². The van der Waals surface area contributed by atoms with Crippen LogP contribution in [0.1, 0.15) is 31.1 Å². The highest BCUT2D eigenvalue weighted by molar-refractivity contribution is 5.88. The molecule has 0 radical (unpaired) electrons. The monoisotopic (exact) mass is 409 g/mol. The number of imidazole rings is 1. The molecule has 0 saturated carbocycles. The summed E-state index contributed by atoms with van der Waals surface area (Å²) in [6, 6.07) is 2.41. The van der Waals surface area contributed by atoms with Crippen LogP contribution < -0.4 is 16.4 Å². The minimum atomic E-state index is -4.45. The Balaban J connectivity index is 2.06. The molecule has 1 amide bonds. The van der Waals surface area contributed by atoms with Gasteiger partial charge in [-0.3, -0.25) is 5.32 Å². The van der Waals surface area contributed by atoms with Crippen LogP contribution >= 0.6 is 0 Å². The van der Waals surface area contributed by atoms with Gasteiger partial charge in [-0.25, -0.2) is 9.78 Å². The van der Waals surface area contributed by atoms with Gasteiger partial charge in [0.2, 0.25) is 0 Å². The van der Waals surface area contributed by atoms with Gasteiger partial charge in [0, 0.05) is 23.1 Å². The third kappa shape index (κ3) is 5.08. The Labute approximate surface area is 165 Å². The SMILES string of the molecule is COC(=O)Nc1ccc2c(c1)NC(C(F)(F)F)CC/C=C/C[C@H](N)c1nc-2c[nH]1. The first-order chi connectivity index (χ1) is 13.8. The van der Waals surface area contributed by atoms with E-state index in [1.165, 1.54) is 13.2 Å². The number of alkyl halides is 3. The number of carbonyl (C=O) groups is 1. The largest absolute Gasteiger partial charge is 0.453 e. The molecule has 2 heterocycles. The van der Waals surface area contributed by atoms with Gasteiger partial charge in [-0.2, -0.15) is 13.2 Å². The van der Waals surface area contributed by atoms with Gasteiger partial charge in [0.05, 0.1) is 18.8 Å². The molecule has 1 aliphatic rings. The molecule has 5 N–H and O–H groups in total. The molecule has 2 bridgehead atoms. The Bertz CT molecular complexity index is 894. The van der Waals surface area contributed by atoms with Crippen LogP contribution in [0, 0.1) is 0 Å². The zero-order chi connectivity index (χ0) is 21.0. The van der Waals surface area contributed by atoms with Gasteiger partial charge in [0.1, 0.15) is 11.9 Å². The smallest absolute Gasteiger partial charge is 0.411 e. The van der Waals surface area contributed by atoms with Crippen LogP contribution in [0.3, 0.4) is 0 Å². The van der Waals surface area contributed by atoms with Crippen LogP contribution in [-0.4, -0.2) is 35.4 Å². The molecule has 1 unspecified atom stereocenters. The van der Waals surface area contributed by atoms with Crippen molar-refractivity contribution < 1.29 is 22.7 Å². The van der Waals surface area contributed by atoms with Crippen molar-refractivity contribution in [2.24, 2.45) is 5.73 Å². The van der Waals surface area contributed by atoms with Gasteiger partial charge in [-0.05, 0) is 37.5 Å². The number of carbonyl (C=O) groups excluding carboxylic acids is 1. The molecule has 1 aromatic carbocycles. The lowest BCUT2D eigenvalue weighted by atomic mass is 10.1. The zero-order valence-electron chi connectivity index (χ0n) is 15.7. The second-order valence-electron chi connectivity index (χ2n) is 6.68.